The van der Waals surface area contributed by atoms with Gasteiger partial charge in [-0.1, -0.05) is 12.1 Å². The van der Waals surface area contributed by atoms with Crippen molar-refractivity contribution >= 4 is 23.6 Å². The van der Waals surface area contributed by atoms with Gasteiger partial charge in [0.05, 0.1) is 19.1 Å². The van der Waals surface area contributed by atoms with Crippen molar-refractivity contribution in [1.29, 1.82) is 5.26 Å². The Morgan fingerprint density at radius 1 is 1.31 bits per heavy atom. The molecule has 1 atom stereocenters. The van der Waals surface area contributed by atoms with Crippen LogP contribution in [0.2, 0.25) is 0 Å². The number of amides is 2. The lowest BCUT2D eigenvalue weighted by Gasteiger charge is -2.17. The lowest BCUT2D eigenvalue weighted by Crippen LogP contribution is -2.15. The molecule has 0 saturated heterocycles. The summed E-state index contributed by atoms with van der Waals surface area (Å²) >= 11 is 0. The monoisotopic (exact) mass is 394 g/mol. The first-order chi connectivity index (χ1) is 13.8. The smallest absolute Gasteiger partial charge is 0.266 e. The molecule has 7 nitrogen and oxygen atoms in total. The van der Waals surface area contributed by atoms with Crippen molar-refractivity contribution in [3.8, 4) is 6.07 Å². The number of nitrogens with zero attached hydrogens (tertiary/aromatic N) is 2. The van der Waals surface area contributed by atoms with Gasteiger partial charge in [-0.2, -0.15) is 5.26 Å². The molecule has 7 heteroatoms. The molecule has 0 aliphatic heterocycles. The van der Waals surface area contributed by atoms with E-state index in [4.69, 9.17) is 10.5 Å². The lowest BCUT2D eigenvalue weighted by molar-refractivity contribution is -0.117. The molecule has 0 saturated carbocycles. The summed E-state index contributed by atoms with van der Waals surface area (Å²) in [5.74, 6) is -0.918. The Morgan fingerprint density at radius 3 is 2.52 bits per heavy atom. The zero-order valence-corrected chi connectivity index (χ0v) is 17.2. The highest BCUT2D eigenvalue weighted by Gasteiger charge is 2.16. The number of hydrogen-bond acceptors (Lipinski definition) is 4. The summed E-state index contributed by atoms with van der Waals surface area (Å²) in [7, 11) is 1.66. The number of carbonyl (C=O) groups excluding carboxylic acids is 2. The molecule has 0 spiro atoms. The molecular formula is C22H26N4O3. The molecule has 1 heterocycles. The Bertz CT molecular complexity index is 965. The molecule has 1 unspecified atom stereocenters. The fraction of sp³-hybridized carbons (Fsp3) is 0.318. The molecule has 0 aliphatic carbocycles. The van der Waals surface area contributed by atoms with Gasteiger partial charge in [-0.05, 0) is 56.2 Å². The van der Waals surface area contributed by atoms with E-state index in [1.54, 1.807) is 37.5 Å². The topological polar surface area (TPSA) is 110 Å². The number of aromatic nitrogens is 1. The van der Waals surface area contributed by atoms with Gasteiger partial charge in [-0.15, -0.1) is 0 Å². The largest absolute Gasteiger partial charge is 0.383 e. The molecule has 0 radical (unpaired) electrons. The SMILES string of the molecule is COCC(C)n1c(C)cc(/C=C(/C#N)C(=O)Nc2ccc(CC(N)=O)cc2)c1C. The second-order valence-electron chi connectivity index (χ2n) is 6.96. The van der Waals surface area contributed by atoms with E-state index in [-0.39, 0.29) is 18.0 Å². The number of methoxy groups -OCH3 is 1. The van der Waals surface area contributed by atoms with E-state index in [0.717, 1.165) is 22.5 Å². The summed E-state index contributed by atoms with van der Waals surface area (Å²) < 4.78 is 7.36. The number of benzene rings is 1. The normalized spacial score (nSPS) is 12.3. The van der Waals surface area contributed by atoms with Crippen molar-refractivity contribution < 1.29 is 14.3 Å². The van der Waals surface area contributed by atoms with Crippen LogP contribution in [0.15, 0.2) is 35.9 Å². The summed E-state index contributed by atoms with van der Waals surface area (Å²) in [4.78, 5) is 23.5. The van der Waals surface area contributed by atoms with Gasteiger partial charge in [0.15, 0.2) is 0 Å². The van der Waals surface area contributed by atoms with Gasteiger partial charge >= 0.3 is 0 Å². The van der Waals surface area contributed by atoms with Crippen LogP contribution in [0.1, 0.15) is 35.5 Å². The van der Waals surface area contributed by atoms with Crippen LogP contribution in [-0.4, -0.2) is 30.1 Å². The van der Waals surface area contributed by atoms with Crippen LogP contribution in [0.4, 0.5) is 5.69 Å². The molecule has 0 fully saturated rings. The van der Waals surface area contributed by atoms with E-state index < -0.39 is 11.8 Å². The second kappa shape index (κ2) is 9.71. The van der Waals surface area contributed by atoms with Gasteiger partial charge in [0.1, 0.15) is 11.6 Å². The van der Waals surface area contributed by atoms with E-state index >= 15 is 0 Å². The standard InChI is InChI=1S/C22H26N4O3/c1-14-9-18(16(3)26(14)15(2)13-29-4)11-19(12-23)22(28)25-20-7-5-17(6-8-20)10-21(24)27/h5-9,11,15H,10,13H2,1-4H3,(H2,24,27)(H,25,28)/b19-11-. The summed E-state index contributed by atoms with van der Waals surface area (Å²) in [6, 6.07) is 10.8. The molecule has 0 aliphatic rings. The first-order valence-corrected chi connectivity index (χ1v) is 9.24. The zero-order valence-electron chi connectivity index (χ0n) is 17.2. The van der Waals surface area contributed by atoms with Gasteiger partial charge in [-0.3, -0.25) is 9.59 Å². The highest BCUT2D eigenvalue weighted by Crippen LogP contribution is 2.23. The van der Waals surface area contributed by atoms with Crippen molar-refractivity contribution in [2.45, 2.75) is 33.2 Å². The average Bonchev–Trinajstić information content (AvgIpc) is 2.94. The van der Waals surface area contributed by atoms with E-state index in [9.17, 15) is 14.9 Å². The van der Waals surface area contributed by atoms with Crippen LogP contribution in [0, 0.1) is 25.2 Å². The maximum Gasteiger partial charge on any atom is 0.266 e. The molecule has 0 bridgehead atoms. The molecule has 2 aromatic rings. The average molecular weight is 394 g/mol. The Kier molecular flexibility index (Phi) is 7.34. The van der Waals surface area contributed by atoms with Gasteiger partial charge < -0.3 is 20.4 Å². The molecule has 29 heavy (non-hydrogen) atoms. The number of nitriles is 1. The maximum absolute atomic E-state index is 12.5. The molecule has 2 rings (SSSR count). The Morgan fingerprint density at radius 2 is 1.97 bits per heavy atom. The first kappa shape index (κ1) is 21.9. The number of primary amides is 1. The third kappa shape index (κ3) is 5.56. The molecular weight excluding hydrogens is 368 g/mol. The highest BCUT2D eigenvalue weighted by atomic mass is 16.5. The van der Waals surface area contributed by atoms with Crippen molar-refractivity contribution in [2.75, 3.05) is 19.0 Å². The third-order valence-electron chi connectivity index (χ3n) is 4.63. The van der Waals surface area contributed by atoms with Crippen LogP contribution in [0.3, 0.4) is 0 Å². The van der Waals surface area contributed by atoms with Crippen LogP contribution < -0.4 is 11.1 Å². The fourth-order valence-corrected chi connectivity index (χ4v) is 3.35. The summed E-state index contributed by atoms with van der Waals surface area (Å²) in [6.07, 6.45) is 1.73. The number of anilines is 1. The molecule has 2 amide bonds. The summed E-state index contributed by atoms with van der Waals surface area (Å²) in [5, 5.41) is 12.2. The number of nitrogens with one attached hydrogen (secondary N) is 1. The minimum atomic E-state index is -0.495. The van der Waals surface area contributed by atoms with Gasteiger partial charge in [-0.25, -0.2) is 0 Å². The summed E-state index contributed by atoms with van der Waals surface area (Å²) in [6.45, 7) is 6.55. The van der Waals surface area contributed by atoms with E-state index in [1.807, 2.05) is 26.0 Å². The lowest BCUT2D eigenvalue weighted by atomic mass is 10.1. The number of ether oxygens (including phenoxy) is 1. The van der Waals surface area contributed by atoms with Gasteiger partial charge in [0.2, 0.25) is 5.91 Å². The minimum Gasteiger partial charge on any atom is -0.383 e. The predicted octanol–water partition coefficient (Wildman–Crippen LogP) is 2.89. The maximum atomic E-state index is 12.5. The fourth-order valence-electron chi connectivity index (χ4n) is 3.35. The molecule has 3 N–H and O–H groups in total. The number of nitrogens with two attached hydrogens (primary N) is 1. The minimum absolute atomic E-state index is 0.00542. The van der Waals surface area contributed by atoms with E-state index in [0.29, 0.717) is 12.3 Å². The molecule has 152 valence electrons. The van der Waals surface area contributed by atoms with Crippen molar-refractivity contribution in [1.82, 2.24) is 4.57 Å². The number of hydrogen-bond donors (Lipinski definition) is 2. The zero-order chi connectivity index (χ0) is 21.6. The quantitative estimate of drug-likeness (QED) is 0.530. The van der Waals surface area contributed by atoms with Crippen molar-refractivity contribution in [2.24, 2.45) is 5.73 Å². The Hall–Kier alpha value is -3.37. The van der Waals surface area contributed by atoms with Crippen LogP contribution in [0.5, 0.6) is 0 Å². The highest BCUT2D eigenvalue weighted by molar-refractivity contribution is 6.09. The number of rotatable bonds is 8. The number of aryl methyl sites for hydroxylation is 1. The number of carbonyl (C=O) groups is 2. The van der Waals surface area contributed by atoms with Gasteiger partial charge in [0.25, 0.3) is 5.91 Å². The predicted molar refractivity (Wildman–Crippen MR) is 112 cm³/mol. The third-order valence-corrected chi connectivity index (χ3v) is 4.63. The molecule has 1 aromatic carbocycles. The van der Waals surface area contributed by atoms with Crippen LogP contribution in [0.25, 0.3) is 6.08 Å². The Labute approximate surface area is 170 Å². The van der Waals surface area contributed by atoms with Gasteiger partial charge in [0, 0.05) is 24.2 Å². The van der Waals surface area contributed by atoms with Crippen LogP contribution in [-0.2, 0) is 20.7 Å². The summed E-state index contributed by atoms with van der Waals surface area (Å²) in [5.41, 5.74) is 9.27. The molecule has 1 aromatic heterocycles. The second-order valence-corrected chi connectivity index (χ2v) is 6.96. The van der Waals surface area contributed by atoms with E-state index in [1.165, 1.54) is 0 Å². The Balaban J connectivity index is 2.21. The van der Waals surface area contributed by atoms with E-state index in [2.05, 4.69) is 16.8 Å². The van der Waals surface area contributed by atoms with Crippen molar-refractivity contribution in [3.05, 3.63) is 58.4 Å². The first-order valence-electron chi connectivity index (χ1n) is 9.24. The van der Waals surface area contributed by atoms with Crippen molar-refractivity contribution in [3.63, 3.8) is 0 Å². The van der Waals surface area contributed by atoms with Crippen LogP contribution >= 0.6 is 0 Å².